The molecule has 0 atom stereocenters. The third-order valence-corrected chi connectivity index (χ3v) is 2.60. The van der Waals surface area contributed by atoms with Gasteiger partial charge in [0.05, 0.1) is 4.47 Å². The zero-order valence-corrected chi connectivity index (χ0v) is 9.91. The SMILES string of the molecule is Cc1nc2c(Br)ccc(N(C)C)n2n1. The Labute approximate surface area is 90.7 Å². The first-order valence-electron chi connectivity index (χ1n) is 4.29. The first-order valence-corrected chi connectivity index (χ1v) is 5.08. The summed E-state index contributed by atoms with van der Waals surface area (Å²) in [4.78, 5) is 6.34. The van der Waals surface area contributed by atoms with Crippen LogP contribution in [0.15, 0.2) is 16.6 Å². The van der Waals surface area contributed by atoms with Gasteiger partial charge in [0, 0.05) is 14.1 Å². The third kappa shape index (κ3) is 1.37. The van der Waals surface area contributed by atoms with Crippen LogP contribution in [0.4, 0.5) is 5.82 Å². The number of rotatable bonds is 1. The molecule has 0 saturated heterocycles. The summed E-state index contributed by atoms with van der Waals surface area (Å²) in [6, 6.07) is 3.99. The minimum Gasteiger partial charge on any atom is -0.363 e. The Kier molecular flexibility index (Phi) is 2.19. The van der Waals surface area contributed by atoms with Crippen molar-refractivity contribution in [2.24, 2.45) is 0 Å². The number of pyridine rings is 1. The van der Waals surface area contributed by atoms with Gasteiger partial charge in [0.25, 0.3) is 0 Å². The smallest absolute Gasteiger partial charge is 0.172 e. The van der Waals surface area contributed by atoms with Gasteiger partial charge in [-0.2, -0.15) is 4.52 Å². The average Bonchev–Trinajstić information content (AvgIpc) is 2.47. The molecule has 0 aliphatic rings. The summed E-state index contributed by atoms with van der Waals surface area (Å²) >= 11 is 3.45. The molecule has 0 fully saturated rings. The Hall–Kier alpha value is -1.10. The highest BCUT2D eigenvalue weighted by molar-refractivity contribution is 9.10. The normalized spacial score (nSPS) is 10.9. The van der Waals surface area contributed by atoms with Gasteiger partial charge in [-0.05, 0) is 35.0 Å². The van der Waals surface area contributed by atoms with Crippen LogP contribution in [0.2, 0.25) is 0 Å². The number of aromatic nitrogens is 3. The quantitative estimate of drug-likeness (QED) is 0.779. The second-order valence-corrected chi connectivity index (χ2v) is 4.18. The van der Waals surface area contributed by atoms with Gasteiger partial charge in [-0.25, -0.2) is 4.98 Å². The number of hydrogen-bond donors (Lipinski definition) is 0. The molecule has 0 bridgehead atoms. The van der Waals surface area contributed by atoms with E-state index in [2.05, 4.69) is 26.0 Å². The molecule has 2 aromatic rings. The summed E-state index contributed by atoms with van der Waals surface area (Å²) in [6.07, 6.45) is 0. The second-order valence-electron chi connectivity index (χ2n) is 3.33. The molecule has 0 radical (unpaired) electrons. The van der Waals surface area contributed by atoms with Crippen molar-refractivity contribution < 1.29 is 0 Å². The molecule has 0 aromatic carbocycles. The van der Waals surface area contributed by atoms with Gasteiger partial charge < -0.3 is 4.90 Å². The van der Waals surface area contributed by atoms with Crippen LogP contribution < -0.4 is 4.90 Å². The van der Waals surface area contributed by atoms with E-state index >= 15 is 0 Å². The van der Waals surface area contributed by atoms with Gasteiger partial charge in [-0.1, -0.05) is 0 Å². The van der Waals surface area contributed by atoms with Crippen LogP contribution in [0.5, 0.6) is 0 Å². The van der Waals surface area contributed by atoms with Crippen molar-refractivity contribution >= 4 is 27.4 Å². The second kappa shape index (κ2) is 3.24. The summed E-state index contributed by atoms with van der Waals surface area (Å²) in [5, 5.41) is 4.33. The van der Waals surface area contributed by atoms with Gasteiger partial charge >= 0.3 is 0 Å². The molecule has 2 aromatic heterocycles. The summed E-state index contributed by atoms with van der Waals surface area (Å²) in [5.74, 6) is 1.80. The van der Waals surface area contributed by atoms with Gasteiger partial charge in [0.15, 0.2) is 5.65 Å². The minimum atomic E-state index is 0.778. The topological polar surface area (TPSA) is 33.4 Å². The highest BCUT2D eigenvalue weighted by Crippen LogP contribution is 2.21. The fourth-order valence-electron chi connectivity index (χ4n) is 1.36. The van der Waals surface area contributed by atoms with E-state index in [1.54, 1.807) is 0 Å². The molecule has 0 spiro atoms. The molecule has 2 heterocycles. The predicted octanol–water partition coefficient (Wildman–Crippen LogP) is 1.87. The van der Waals surface area contributed by atoms with E-state index in [0.717, 1.165) is 21.8 Å². The van der Waals surface area contributed by atoms with Gasteiger partial charge in [0.2, 0.25) is 0 Å². The van der Waals surface area contributed by atoms with Crippen molar-refractivity contribution in [2.45, 2.75) is 6.92 Å². The monoisotopic (exact) mass is 254 g/mol. The molecule has 0 unspecified atom stereocenters. The van der Waals surface area contributed by atoms with Gasteiger partial charge in [-0.15, -0.1) is 5.10 Å². The standard InChI is InChI=1S/C9H11BrN4/c1-6-11-9-7(10)4-5-8(13(2)3)14(9)12-6/h4-5H,1-3H3. The van der Waals surface area contributed by atoms with E-state index in [4.69, 9.17) is 0 Å². The maximum absolute atomic E-state index is 4.33. The lowest BCUT2D eigenvalue weighted by Crippen LogP contribution is -2.13. The fraction of sp³-hybridized carbons (Fsp3) is 0.333. The van der Waals surface area contributed by atoms with E-state index < -0.39 is 0 Å². The third-order valence-electron chi connectivity index (χ3n) is 1.98. The van der Waals surface area contributed by atoms with Crippen LogP contribution in [-0.2, 0) is 0 Å². The predicted molar refractivity (Wildman–Crippen MR) is 59.8 cm³/mol. The van der Waals surface area contributed by atoms with E-state index in [9.17, 15) is 0 Å². The van der Waals surface area contributed by atoms with E-state index in [0.29, 0.717) is 0 Å². The van der Waals surface area contributed by atoms with Crippen LogP contribution in [0.25, 0.3) is 5.65 Å². The molecule has 14 heavy (non-hydrogen) atoms. The molecule has 0 N–H and O–H groups in total. The zero-order valence-electron chi connectivity index (χ0n) is 8.32. The zero-order chi connectivity index (χ0) is 10.3. The van der Waals surface area contributed by atoms with E-state index in [1.165, 1.54) is 0 Å². The Morgan fingerprint density at radius 3 is 2.71 bits per heavy atom. The maximum Gasteiger partial charge on any atom is 0.172 e. The Bertz CT molecular complexity index is 475. The number of fused-ring (bicyclic) bond motifs is 1. The molecule has 5 heteroatoms. The number of aryl methyl sites for hydroxylation is 1. The summed E-state index contributed by atoms with van der Waals surface area (Å²) in [7, 11) is 3.97. The number of nitrogens with zero attached hydrogens (tertiary/aromatic N) is 4. The molecule has 74 valence electrons. The molecule has 0 amide bonds. The summed E-state index contributed by atoms with van der Waals surface area (Å²) in [5.41, 5.74) is 0.855. The number of anilines is 1. The minimum absolute atomic E-state index is 0.778. The van der Waals surface area contributed by atoms with Crippen molar-refractivity contribution in [2.75, 3.05) is 19.0 Å². The number of hydrogen-bond acceptors (Lipinski definition) is 3. The summed E-state index contributed by atoms with van der Waals surface area (Å²) < 4.78 is 2.79. The van der Waals surface area contributed by atoms with E-state index in [-0.39, 0.29) is 0 Å². The fourth-order valence-corrected chi connectivity index (χ4v) is 1.75. The molecule has 4 nitrogen and oxygen atoms in total. The molecular weight excluding hydrogens is 244 g/mol. The van der Waals surface area contributed by atoms with Crippen molar-refractivity contribution in [3.8, 4) is 0 Å². The van der Waals surface area contributed by atoms with Gasteiger partial charge in [-0.3, -0.25) is 0 Å². The molecular formula is C9H11BrN4. The van der Waals surface area contributed by atoms with Crippen LogP contribution in [0, 0.1) is 6.92 Å². The Morgan fingerprint density at radius 1 is 1.36 bits per heavy atom. The first kappa shape index (κ1) is 9.45. The van der Waals surface area contributed by atoms with E-state index in [1.807, 2.05) is 42.6 Å². The maximum atomic E-state index is 4.33. The number of halogens is 1. The lowest BCUT2D eigenvalue weighted by atomic mass is 10.4. The van der Waals surface area contributed by atoms with Crippen LogP contribution in [-0.4, -0.2) is 28.7 Å². The Balaban J connectivity index is 2.81. The van der Waals surface area contributed by atoms with Crippen molar-refractivity contribution in [1.82, 2.24) is 14.6 Å². The van der Waals surface area contributed by atoms with Gasteiger partial charge in [0.1, 0.15) is 11.6 Å². The summed E-state index contributed by atoms with van der Waals surface area (Å²) in [6.45, 7) is 1.89. The molecule has 0 aliphatic heterocycles. The highest BCUT2D eigenvalue weighted by Gasteiger charge is 2.08. The molecule has 0 aliphatic carbocycles. The highest BCUT2D eigenvalue weighted by atomic mass is 79.9. The first-order chi connectivity index (χ1) is 6.59. The Morgan fingerprint density at radius 2 is 2.07 bits per heavy atom. The van der Waals surface area contributed by atoms with Crippen LogP contribution >= 0.6 is 15.9 Å². The van der Waals surface area contributed by atoms with Crippen molar-refractivity contribution in [3.05, 3.63) is 22.4 Å². The lowest BCUT2D eigenvalue weighted by molar-refractivity contribution is 0.892. The lowest BCUT2D eigenvalue weighted by Gasteiger charge is -2.13. The van der Waals surface area contributed by atoms with Crippen LogP contribution in [0.3, 0.4) is 0 Å². The van der Waals surface area contributed by atoms with Crippen LogP contribution in [0.1, 0.15) is 5.82 Å². The molecule has 2 rings (SSSR count). The van der Waals surface area contributed by atoms with Crippen molar-refractivity contribution in [1.29, 1.82) is 0 Å². The molecule has 0 saturated carbocycles. The van der Waals surface area contributed by atoms with Crippen molar-refractivity contribution in [3.63, 3.8) is 0 Å². The average molecular weight is 255 g/mol. The largest absolute Gasteiger partial charge is 0.363 e.